The van der Waals surface area contributed by atoms with E-state index in [1.807, 2.05) is 36.2 Å². The molecule has 1 N–H and O–H groups in total. The van der Waals surface area contributed by atoms with Gasteiger partial charge >= 0.3 is 0 Å². The molecular formula is C18H25BrClN3O2. The number of nitrogens with zero attached hydrogens (tertiary/aromatic N) is 2. The highest BCUT2D eigenvalue weighted by Gasteiger charge is 2.37. The molecule has 2 heterocycles. The molecule has 7 heteroatoms. The molecule has 0 spiro atoms. The zero-order chi connectivity index (χ0) is 17.1. The summed E-state index contributed by atoms with van der Waals surface area (Å²) in [4.78, 5) is 29.4. The third-order valence-electron chi connectivity index (χ3n) is 5.10. The average molecular weight is 431 g/mol. The van der Waals surface area contributed by atoms with Crippen molar-refractivity contribution in [1.29, 1.82) is 0 Å². The maximum atomic E-state index is 12.9. The number of carbonyl (C=O) groups is 2. The van der Waals surface area contributed by atoms with Gasteiger partial charge in [0.2, 0.25) is 5.91 Å². The minimum Gasteiger partial charge on any atom is -0.341 e. The molecule has 0 radical (unpaired) electrons. The van der Waals surface area contributed by atoms with Crippen molar-refractivity contribution in [2.45, 2.75) is 37.8 Å². The quantitative estimate of drug-likeness (QED) is 0.802. The number of hydrogen-bond donors (Lipinski definition) is 1. The van der Waals surface area contributed by atoms with E-state index in [9.17, 15) is 9.59 Å². The number of hydrogen-bond acceptors (Lipinski definition) is 3. The Morgan fingerprint density at radius 2 is 1.72 bits per heavy atom. The van der Waals surface area contributed by atoms with E-state index in [0.717, 1.165) is 43.2 Å². The Hall–Kier alpha value is -1.11. The number of likely N-dealkylation sites (tertiary alicyclic amines) is 2. The lowest BCUT2D eigenvalue weighted by Crippen LogP contribution is -2.51. The third kappa shape index (κ3) is 4.54. The van der Waals surface area contributed by atoms with Crippen molar-refractivity contribution in [2.24, 2.45) is 0 Å². The Morgan fingerprint density at radius 3 is 2.32 bits per heavy atom. The third-order valence-corrected chi connectivity index (χ3v) is 5.63. The molecular weight excluding hydrogens is 406 g/mol. The molecule has 0 aromatic heterocycles. The molecule has 0 saturated carbocycles. The fourth-order valence-corrected chi connectivity index (χ4v) is 3.89. The second-order valence-corrected chi connectivity index (χ2v) is 7.47. The van der Waals surface area contributed by atoms with Crippen LogP contribution in [0.25, 0.3) is 0 Å². The number of piperidine rings is 1. The van der Waals surface area contributed by atoms with Crippen LogP contribution in [-0.2, 0) is 4.79 Å². The number of rotatable bonds is 3. The van der Waals surface area contributed by atoms with Crippen LogP contribution in [0, 0.1) is 0 Å². The van der Waals surface area contributed by atoms with Crippen LogP contribution in [-0.4, -0.2) is 60.4 Å². The van der Waals surface area contributed by atoms with Crippen molar-refractivity contribution >= 4 is 40.2 Å². The van der Waals surface area contributed by atoms with E-state index in [2.05, 4.69) is 21.2 Å². The summed E-state index contributed by atoms with van der Waals surface area (Å²) in [6.07, 6.45) is 3.63. The highest BCUT2D eigenvalue weighted by atomic mass is 79.9. The van der Waals surface area contributed by atoms with Crippen LogP contribution in [0.1, 0.15) is 36.0 Å². The van der Waals surface area contributed by atoms with Crippen molar-refractivity contribution < 1.29 is 9.59 Å². The summed E-state index contributed by atoms with van der Waals surface area (Å²) >= 11 is 3.39. The standard InChI is InChI=1S/C18H24BrN3O2.ClH/c1-20-15-8-11-21(12-9-15)18(24)16-3-2-10-22(16)17(23)13-4-6-14(19)7-5-13;/h4-7,15-16,20H,2-3,8-12H2,1H3;1H. The molecule has 2 aliphatic heterocycles. The smallest absolute Gasteiger partial charge is 0.254 e. The molecule has 138 valence electrons. The lowest BCUT2D eigenvalue weighted by molar-refractivity contribution is -0.136. The van der Waals surface area contributed by atoms with Crippen LogP contribution in [0.2, 0.25) is 0 Å². The van der Waals surface area contributed by atoms with Gasteiger partial charge in [-0.2, -0.15) is 0 Å². The Kier molecular flexibility index (Phi) is 7.28. The predicted octanol–water partition coefficient (Wildman–Crippen LogP) is 2.69. The number of nitrogens with one attached hydrogen (secondary N) is 1. The summed E-state index contributed by atoms with van der Waals surface area (Å²) in [7, 11) is 1.97. The van der Waals surface area contributed by atoms with Gasteiger partial charge in [0.25, 0.3) is 5.91 Å². The predicted molar refractivity (Wildman–Crippen MR) is 104 cm³/mol. The lowest BCUT2D eigenvalue weighted by atomic mass is 10.0. The maximum absolute atomic E-state index is 12.9. The molecule has 2 fully saturated rings. The topological polar surface area (TPSA) is 52.7 Å². The molecule has 2 aliphatic rings. The molecule has 0 bridgehead atoms. The van der Waals surface area contributed by atoms with Gasteiger partial charge in [0, 0.05) is 35.7 Å². The average Bonchev–Trinajstić information content (AvgIpc) is 3.11. The molecule has 2 amide bonds. The van der Waals surface area contributed by atoms with Gasteiger partial charge in [-0.3, -0.25) is 9.59 Å². The van der Waals surface area contributed by atoms with Gasteiger partial charge in [-0.15, -0.1) is 12.4 Å². The van der Waals surface area contributed by atoms with E-state index in [1.165, 1.54) is 0 Å². The Bertz CT molecular complexity index is 603. The monoisotopic (exact) mass is 429 g/mol. The largest absolute Gasteiger partial charge is 0.341 e. The van der Waals surface area contributed by atoms with Gasteiger partial charge in [-0.1, -0.05) is 15.9 Å². The van der Waals surface area contributed by atoms with Crippen LogP contribution in [0.5, 0.6) is 0 Å². The highest BCUT2D eigenvalue weighted by molar-refractivity contribution is 9.10. The van der Waals surface area contributed by atoms with Crippen LogP contribution < -0.4 is 5.32 Å². The summed E-state index contributed by atoms with van der Waals surface area (Å²) < 4.78 is 0.945. The zero-order valence-electron chi connectivity index (χ0n) is 14.4. The second kappa shape index (κ2) is 9.01. The molecule has 1 unspecified atom stereocenters. The molecule has 3 rings (SSSR count). The molecule has 1 aromatic rings. The number of carbonyl (C=O) groups excluding carboxylic acids is 2. The van der Waals surface area contributed by atoms with E-state index in [4.69, 9.17) is 0 Å². The van der Waals surface area contributed by atoms with Crippen LogP contribution in [0.4, 0.5) is 0 Å². The van der Waals surface area contributed by atoms with E-state index < -0.39 is 0 Å². The van der Waals surface area contributed by atoms with E-state index in [0.29, 0.717) is 18.2 Å². The summed E-state index contributed by atoms with van der Waals surface area (Å²) in [6, 6.07) is 7.55. The van der Waals surface area contributed by atoms with Gasteiger partial charge in [0.15, 0.2) is 0 Å². The maximum Gasteiger partial charge on any atom is 0.254 e. The highest BCUT2D eigenvalue weighted by Crippen LogP contribution is 2.24. The molecule has 1 aromatic carbocycles. The number of halogens is 2. The molecule has 1 atom stereocenters. The van der Waals surface area contributed by atoms with Crippen molar-refractivity contribution in [2.75, 3.05) is 26.7 Å². The van der Waals surface area contributed by atoms with Gasteiger partial charge in [-0.05, 0) is 57.0 Å². The molecule has 2 saturated heterocycles. The van der Waals surface area contributed by atoms with Gasteiger partial charge in [0.1, 0.15) is 6.04 Å². The van der Waals surface area contributed by atoms with Crippen molar-refractivity contribution in [1.82, 2.24) is 15.1 Å². The Labute approximate surface area is 163 Å². The fourth-order valence-electron chi connectivity index (χ4n) is 3.62. The second-order valence-electron chi connectivity index (χ2n) is 6.55. The summed E-state index contributed by atoms with van der Waals surface area (Å²) in [5, 5.41) is 3.28. The number of benzene rings is 1. The summed E-state index contributed by atoms with van der Waals surface area (Å²) in [6.45, 7) is 2.22. The van der Waals surface area contributed by atoms with Crippen molar-refractivity contribution in [3.63, 3.8) is 0 Å². The first-order valence-electron chi connectivity index (χ1n) is 8.62. The summed E-state index contributed by atoms with van der Waals surface area (Å²) in [5.41, 5.74) is 0.645. The van der Waals surface area contributed by atoms with Crippen LogP contribution >= 0.6 is 28.3 Å². The van der Waals surface area contributed by atoms with Crippen LogP contribution in [0.3, 0.4) is 0 Å². The number of amides is 2. The normalized spacial score (nSPS) is 21.1. The van der Waals surface area contributed by atoms with Gasteiger partial charge in [-0.25, -0.2) is 0 Å². The van der Waals surface area contributed by atoms with Crippen molar-refractivity contribution in [3.05, 3.63) is 34.3 Å². The molecule has 25 heavy (non-hydrogen) atoms. The molecule has 0 aliphatic carbocycles. The van der Waals surface area contributed by atoms with E-state index in [-0.39, 0.29) is 30.3 Å². The Balaban J connectivity index is 0.00000225. The zero-order valence-corrected chi connectivity index (χ0v) is 16.8. The van der Waals surface area contributed by atoms with E-state index in [1.54, 1.807) is 4.90 Å². The van der Waals surface area contributed by atoms with Gasteiger partial charge < -0.3 is 15.1 Å². The minimum absolute atomic E-state index is 0. The van der Waals surface area contributed by atoms with E-state index >= 15 is 0 Å². The molecule has 5 nitrogen and oxygen atoms in total. The minimum atomic E-state index is -0.299. The SMILES string of the molecule is CNC1CCN(C(=O)C2CCCN2C(=O)c2ccc(Br)cc2)CC1.Cl. The van der Waals surface area contributed by atoms with Crippen LogP contribution in [0.15, 0.2) is 28.7 Å². The first-order valence-corrected chi connectivity index (χ1v) is 9.42. The summed E-state index contributed by atoms with van der Waals surface area (Å²) in [5.74, 6) is 0.0796. The lowest BCUT2D eigenvalue weighted by Gasteiger charge is -2.35. The first kappa shape index (κ1) is 20.2. The fraction of sp³-hybridized carbons (Fsp3) is 0.556. The van der Waals surface area contributed by atoms with Gasteiger partial charge in [0.05, 0.1) is 0 Å². The van der Waals surface area contributed by atoms with Crippen molar-refractivity contribution in [3.8, 4) is 0 Å². The Morgan fingerprint density at radius 1 is 1.08 bits per heavy atom. The first-order chi connectivity index (χ1) is 11.6.